The van der Waals surface area contributed by atoms with Crippen molar-refractivity contribution < 1.29 is 19.1 Å². The smallest absolute Gasteiger partial charge is 0.279 e. The summed E-state index contributed by atoms with van der Waals surface area (Å²) in [4.78, 5) is 42.8. The number of amides is 3. The first-order valence-corrected chi connectivity index (χ1v) is 11.1. The third kappa shape index (κ3) is 4.16. The van der Waals surface area contributed by atoms with Crippen molar-refractivity contribution in [1.29, 1.82) is 0 Å². The summed E-state index contributed by atoms with van der Waals surface area (Å²) in [6, 6.07) is 12.3. The van der Waals surface area contributed by atoms with Gasteiger partial charge in [-0.15, -0.1) is 0 Å². The summed E-state index contributed by atoms with van der Waals surface area (Å²) >= 11 is 1.45. The minimum absolute atomic E-state index is 0.217. The van der Waals surface area contributed by atoms with Crippen LogP contribution in [0.5, 0.6) is 5.75 Å². The van der Waals surface area contributed by atoms with E-state index in [4.69, 9.17) is 4.74 Å². The van der Waals surface area contributed by atoms with Crippen LogP contribution in [0.3, 0.4) is 0 Å². The molecule has 0 saturated carbocycles. The number of anilines is 1. The number of thiazole rings is 1. The van der Waals surface area contributed by atoms with Crippen LogP contribution >= 0.6 is 11.3 Å². The second kappa shape index (κ2) is 8.85. The Morgan fingerprint density at radius 2 is 1.77 bits per heavy atom. The topological polar surface area (TPSA) is 81.0 Å². The van der Waals surface area contributed by atoms with E-state index in [-0.39, 0.29) is 30.6 Å². The van der Waals surface area contributed by atoms with Crippen molar-refractivity contribution in [2.75, 3.05) is 11.5 Å². The molecule has 0 unspecified atom stereocenters. The normalized spacial score (nSPS) is 14.6. The molecule has 160 valence electrons. The van der Waals surface area contributed by atoms with Crippen molar-refractivity contribution >= 4 is 45.0 Å². The molecule has 1 aromatic heterocycles. The van der Waals surface area contributed by atoms with Gasteiger partial charge in [-0.3, -0.25) is 19.3 Å². The Morgan fingerprint density at radius 1 is 1.06 bits per heavy atom. The van der Waals surface area contributed by atoms with Gasteiger partial charge in [0.1, 0.15) is 5.75 Å². The van der Waals surface area contributed by atoms with Crippen LogP contribution in [0.25, 0.3) is 10.2 Å². The molecule has 1 aliphatic rings. The Morgan fingerprint density at radius 3 is 2.42 bits per heavy atom. The second-order valence-electron chi connectivity index (χ2n) is 7.19. The number of aryl methyl sites for hydroxylation is 1. The zero-order chi connectivity index (χ0) is 22.0. The fourth-order valence-electron chi connectivity index (χ4n) is 3.60. The largest absolute Gasteiger partial charge is 0.494 e. The van der Waals surface area contributed by atoms with Crippen LogP contribution in [0.1, 0.15) is 43.5 Å². The Hall–Kier alpha value is -3.26. The molecule has 0 bridgehead atoms. The van der Waals surface area contributed by atoms with Gasteiger partial charge in [0.15, 0.2) is 4.80 Å². The number of fused-ring (bicyclic) bond motifs is 1. The standard InChI is InChI=1S/C23H23N3O4S/c1-3-13-25-18-10-9-17(30-4-2)14-19(18)31-23(25)24-22(29)15-5-7-16(8-6-15)26-20(27)11-12-21(26)28/h5-10,14H,3-4,11-13H2,1-2H3. The van der Waals surface area contributed by atoms with E-state index in [1.165, 1.54) is 16.2 Å². The van der Waals surface area contributed by atoms with Crippen LogP contribution in [-0.2, 0) is 16.1 Å². The number of ether oxygens (including phenoxy) is 1. The number of rotatable bonds is 6. The van der Waals surface area contributed by atoms with Crippen LogP contribution in [0, 0.1) is 0 Å². The van der Waals surface area contributed by atoms with Crippen LogP contribution in [0.2, 0.25) is 0 Å². The van der Waals surface area contributed by atoms with E-state index in [1.54, 1.807) is 24.3 Å². The van der Waals surface area contributed by atoms with Gasteiger partial charge in [0.25, 0.3) is 5.91 Å². The van der Waals surface area contributed by atoms with Gasteiger partial charge in [0.2, 0.25) is 11.8 Å². The summed E-state index contributed by atoms with van der Waals surface area (Å²) in [5.74, 6) is -0.0106. The fourth-order valence-corrected chi connectivity index (χ4v) is 4.69. The van der Waals surface area contributed by atoms with Gasteiger partial charge in [-0.25, -0.2) is 0 Å². The predicted octanol–water partition coefficient (Wildman–Crippen LogP) is 3.91. The van der Waals surface area contributed by atoms with E-state index < -0.39 is 0 Å². The number of aromatic nitrogens is 1. The van der Waals surface area contributed by atoms with Crippen molar-refractivity contribution in [3.8, 4) is 5.75 Å². The number of nitrogens with zero attached hydrogens (tertiary/aromatic N) is 3. The highest BCUT2D eigenvalue weighted by Crippen LogP contribution is 2.25. The Kier molecular flexibility index (Phi) is 5.99. The third-order valence-electron chi connectivity index (χ3n) is 5.03. The Labute approximate surface area is 183 Å². The fraction of sp³-hybridized carbons (Fsp3) is 0.304. The minimum atomic E-state index is -0.368. The lowest BCUT2D eigenvalue weighted by Crippen LogP contribution is -2.28. The van der Waals surface area contributed by atoms with Crippen LogP contribution in [0.4, 0.5) is 5.69 Å². The number of carbonyl (C=O) groups is 3. The molecule has 0 N–H and O–H groups in total. The summed E-state index contributed by atoms with van der Waals surface area (Å²) < 4.78 is 8.64. The molecule has 31 heavy (non-hydrogen) atoms. The zero-order valence-corrected chi connectivity index (χ0v) is 18.3. The maximum atomic E-state index is 12.8. The van der Waals surface area contributed by atoms with E-state index in [0.29, 0.717) is 22.7 Å². The highest BCUT2D eigenvalue weighted by Gasteiger charge is 2.30. The maximum absolute atomic E-state index is 12.8. The Balaban J connectivity index is 1.67. The monoisotopic (exact) mass is 437 g/mol. The summed E-state index contributed by atoms with van der Waals surface area (Å²) in [5, 5.41) is 0. The lowest BCUT2D eigenvalue weighted by molar-refractivity contribution is -0.121. The lowest BCUT2D eigenvalue weighted by atomic mass is 10.2. The molecule has 2 aromatic carbocycles. The van der Waals surface area contributed by atoms with Crippen molar-refractivity contribution in [2.45, 2.75) is 39.7 Å². The molecule has 7 nitrogen and oxygen atoms in total. The van der Waals surface area contributed by atoms with Gasteiger partial charge in [-0.05, 0) is 55.8 Å². The summed E-state index contributed by atoms with van der Waals surface area (Å²) in [7, 11) is 0. The molecule has 0 spiro atoms. The first kappa shape index (κ1) is 21.0. The van der Waals surface area contributed by atoms with Crippen LogP contribution in [-0.4, -0.2) is 28.9 Å². The lowest BCUT2D eigenvalue weighted by Gasteiger charge is -2.13. The Bertz CT molecular complexity index is 1210. The average Bonchev–Trinajstić information content (AvgIpc) is 3.27. The van der Waals surface area contributed by atoms with Gasteiger partial charge in [0.05, 0.1) is 22.5 Å². The van der Waals surface area contributed by atoms with E-state index in [9.17, 15) is 14.4 Å². The molecule has 0 aliphatic carbocycles. The molecule has 2 heterocycles. The van der Waals surface area contributed by atoms with Crippen LogP contribution in [0.15, 0.2) is 47.5 Å². The molecule has 1 saturated heterocycles. The van der Waals surface area contributed by atoms with E-state index in [2.05, 4.69) is 11.9 Å². The summed E-state index contributed by atoms with van der Waals surface area (Å²) in [6.45, 7) is 5.36. The molecule has 3 amide bonds. The van der Waals surface area contributed by atoms with Gasteiger partial charge in [0, 0.05) is 24.9 Å². The van der Waals surface area contributed by atoms with Gasteiger partial charge < -0.3 is 9.30 Å². The van der Waals surface area contributed by atoms with Crippen molar-refractivity contribution in [2.24, 2.45) is 4.99 Å². The number of carbonyl (C=O) groups excluding carboxylic acids is 3. The maximum Gasteiger partial charge on any atom is 0.279 e. The molecule has 1 fully saturated rings. The molecule has 0 radical (unpaired) electrons. The quantitative estimate of drug-likeness (QED) is 0.548. The molecule has 0 atom stereocenters. The highest BCUT2D eigenvalue weighted by atomic mass is 32.1. The molecular formula is C23H23N3O4S. The molecule has 3 aromatic rings. The minimum Gasteiger partial charge on any atom is -0.494 e. The summed E-state index contributed by atoms with van der Waals surface area (Å²) in [6.07, 6.45) is 1.36. The third-order valence-corrected chi connectivity index (χ3v) is 6.07. The first-order valence-electron chi connectivity index (χ1n) is 10.3. The zero-order valence-electron chi connectivity index (χ0n) is 17.5. The van der Waals surface area contributed by atoms with Crippen LogP contribution < -0.4 is 14.4 Å². The first-order chi connectivity index (χ1) is 15.0. The number of hydrogen-bond donors (Lipinski definition) is 0. The number of benzene rings is 2. The van der Waals surface area contributed by atoms with Gasteiger partial charge in [-0.2, -0.15) is 4.99 Å². The van der Waals surface area contributed by atoms with E-state index in [0.717, 1.165) is 28.9 Å². The van der Waals surface area contributed by atoms with Crippen molar-refractivity contribution in [1.82, 2.24) is 4.57 Å². The van der Waals surface area contributed by atoms with Gasteiger partial charge in [-0.1, -0.05) is 18.3 Å². The SMILES string of the molecule is CCCn1c(=NC(=O)c2ccc(N3C(=O)CCC3=O)cc2)sc2cc(OCC)ccc21. The average molecular weight is 438 g/mol. The molecule has 1 aliphatic heterocycles. The summed E-state index contributed by atoms with van der Waals surface area (Å²) in [5.41, 5.74) is 1.90. The van der Waals surface area contributed by atoms with Crippen molar-refractivity contribution in [3.63, 3.8) is 0 Å². The molecule has 8 heteroatoms. The highest BCUT2D eigenvalue weighted by molar-refractivity contribution is 7.16. The van der Waals surface area contributed by atoms with E-state index >= 15 is 0 Å². The van der Waals surface area contributed by atoms with Crippen molar-refractivity contribution in [3.05, 3.63) is 52.8 Å². The van der Waals surface area contributed by atoms with Gasteiger partial charge >= 0.3 is 0 Å². The number of imide groups is 1. The predicted molar refractivity (Wildman–Crippen MR) is 119 cm³/mol. The molecular weight excluding hydrogens is 414 g/mol. The second-order valence-corrected chi connectivity index (χ2v) is 8.19. The molecule has 4 rings (SSSR count). The number of hydrogen-bond acceptors (Lipinski definition) is 5. The van der Waals surface area contributed by atoms with E-state index in [1.807, 2.05) is 29.7 Å².